The van der Waals surface area contributed by atoms with Crippen molar-refractivity contribution in [2.75, 3.05) is 9.80 Å². The average Bonchev–Trinajstić information content (AvgIpc) is 4.03. The van der Waals surface area contributed by atoms with E-state index in [1.807, 2.05) is 0 Å². The van der Waals surface area contributed by atoms with Gasteiger partial charge in [0.2, 0.25) is 0 Å². The Morgan fingerprint density at radius 2 is 0.595 bits per heavy atom. The Morgan fingerprint density at radius 3 is 1.04 bits per heavy atom. The molecule has 0 atom stereocenters. The fourth-order valence-electron chi connectivity index (χ4n) is 14.7. The number of para-hydroxylation sites is 2. The highest BCUT2D eigenvalue weighted by molar-refractivity contribution is 9.10. The molecular formula is C75H52Br2N2. The SMILES string of the molecule is CC1(C)c2cc(N(c3ccccc3)c3cccc4ccccc34)ccc2-c2cc3c(cc21)-c1cc2c(cc1C31c3cc(Br)ccc3-c3ccc(Br)cc31)-c1ccc(N(c3ccccc3)c3cccc4ccccc34)cc1C2(C)C. The number of fused-ring (bicyclic) bond motifs is 18. The predicted octanol–water partition coefficient (Wildman–Crippen LogP) is 21.4. The van der Waals surface area contributed by atoms with Crippen LogP contribution in [0.15, 0.2) is 252 Å². The summed E-state index contributed by atoms with van der Waals surface area (Å²) in [6.07, 6.45) is 0. The molecule has 376 valence electrons. The molecule has 0 fully saturated rings. The van der Waals surface area contributed by atoms with E-state index in [2.05, 4.69) is 312 Å². The van der Waals surface area contributed by atoms with E-state index in [1.165, 1.54) is 111 Å². The maximum atomic E-state index is 4.02. The van der Waals surface area contributed by atoms with Crippen LogP contribution in [0.2, 0.25) is 0 Å². The number of rotatable bonds is 6. The Hall–Kier alpha value is -8.28. The summed E-state index contributed by atoms with van der Waals surface area (Å²) in [4.78, 5) is 4.89. The van der Waals surface area contributed by atoms with Crippen LogP contribution in [0.1, 0.15) is 72.2 Å². The van der Waals surface area contributed by atoms with E-state index in [9.17, 15) is 0 Å². The fraction of sp³-hybridized carbons (Fsp3) is 0.0933. The number of hydrogen-bond acceptors (Lipinski definition) is 2. The molecule has 0 heterocycles. The van der Waals surface area contributed by atoms with E-state index < -0.39 is 5.41 Å². The van der Waals surface area contributed by atoms with E-state index in [-0.39, 0.29) is 10.8 Å². The third-order valence-electron chi connectivity index (χ3n) is 18.3. The first-order chi connectivity index (χ1) is 38.5. The number of anilines is 6. The van der Waals surface area contributed by atoms with E-state index in [4.69, 9.17) is 0 Å². The molecule has 0 aromatic heterocycles. The average molecular weight is 1140 g/mol. The summed E-state index contributed by atoms with van der Waals surface area (Å²) >= 11 is 8.04. The van der Waals surface area contributed by atoms with Crippen LogP contribution < -0.4 is 9.80 Å². The van der Waals surface area contributed by atoms with Crippen molar-refractivity contribution in [3.63, 3.8) is 0 Å². The van der Waals surface area contributed by atoms with Crippen molar-refractivity contribution in [2.24, 2.45) is 0 Å². The second-order valence-electron chi connectivity index (χ2n) is 23.1. The second-order valence-corrected chi connectivity index (χ2v) is 24.9. The van der Waals surface area contributed by atoms with Crippen molar-refractivity contribution in [1.82, 2.24) is 0 Å². The zero-order valence-corrected chi connectivity index (χ0v) is 47.4. The summed E-state index contributed by atoms with van der Waals surface area (Å²) < 4.78 is 2.16. The van der Waals surface area contributed by atoms with Gasteiger partial charge in [0, 0.05) is 53.3 Å². The largest absolute Gasteiger partial charge is 0.310 e. The third kappa shape index (κ3) is 6.50. The van der Waals surface area contributed by atoms with Crippen molar-refractivity contribution in [3.05, 3.63) is 296 Å². The van der Waals surface area contributed by atoms with Crippen LogP contribution in [0.3, 0.4) is 0 Å². The van der Waals surface area contributed by atoms with Gasteiger partial charge in [0.1, 0.15) is 0 Å². The molecule has 4 aliphatic carbocycles. The molecule has 0 unspecified atom stereocenters. The molecule has 0 saturated heterocycles. The summed E-state index contributed by atoms with van der Waals surface area (Å²) in [6.45, 7) is 9.76. The van der Waals surface area contributed by atoms with E-state index in [0.717, 1.165) is 43.1 Å². The first kappa shape index (κ1) is 46.8. The standard InChI is InChI=1S/C75H52Br2N2/c1-73(2)63-39-51(78(49-21-7-5-8-22-49)71-27-15-19-45-17-11-13-25-53(45)71)31-35-57(63)59-43-69-61(41-65(59)73)62-42-66-60(44-70(62)75(69)67-37-47(76)29-33-55(67)56-34-30-48(77)38-68(56)75)58-36-32-52(40-64(58)74(66,3)4)79(50-23-9-6-10-24-50)72-28-16-20-46-18-12-14-26-54(46)72/h5-44H,1-4H3. The number of hydrogen-bond donors (Lipinski definition) is 0. The zero-order valence-electron chi connectivity index (χ0n) is 44.2. The monoisotopic (exact) mass is 1140 g/mol. The molecule has 0 radical (unpaired) electrons. The zero-order chi connectivity index (χ0) is 53.1. The quantitative estimate of drug-likeness (QED) is 0.164. The second kappa shape index (κ2) is 16.9. The summed E-state index contributed by atoms with van der Waals surface area (Å²) in [5.41, 5.74) is 26.8. The van der Waals surface area contributed by atoms with Crippen LogP contribution in [0, 0.1) is 0 Å². The van der Waals surface area contributed by atoms with Crippen molar-refractivity contribution in [3.8, 4) is 44.5 Å². The van der Waals surface area contributed by atoms with Crippen LogP contribution in [0.5, 0.6) is 0 Å². The van der Waals surface area contributed by atoms with Crippen molar-refractivity contribution < 1.29 is 0 Å². The molecule has 4 aliphatic rings. The summed E-state index contributed by atoms with van der Waals surface area (Å²) in [6, 6.07) is 91.3. The minimum atomic E-state index is -0.594. The number of benzene rings is 12. The van der Waals surface area contributed by atoms with Gasteiger partial charge in [-0.2, -0.15) is 0 Å². The molecule has 4 heteroatoms. The smallest absolute Gasteiger partial charge is 0.0726 e. The van der Waals surface area contributed by atoms with Gasteiger partial charge in [0.05, 0.1) is 16.8 Å². The van der Waals surface area contributed by atoms with Gasteiger partial charge in [0.25, 0.3) is 0 Å². The van der Waals surface area contributed by atoms with Gasteiger partial charge in [-0.25, -0.2) is 0 Å². The lowest BCUT2D eigenvalue weighted by Gasteiger charge is -2.32. The fourth-order valence-corrected chi connectivity index (χ4v) is 15.4. The lowest BCUT2D eigenvalue weighted by atomic mass is 9.69. The van der Waals surface area contributed by atoms with Gasteiger partial charge in [-0.15, -0.1) is 0 Å². The van der Waals surface area contributed by atoms with Crippen molar-refractivity contribution in [1.29, 1.82) is 0 Å². The molecule has 2 nitrogen and oxygen atoms in total. The first-order valence-corrected chi connectivity index (χ1v) is 29.0. The maximum absolute atomic E-state index is 4.02. The van der Waals surface area contributed by atoms with Crippen LogP contribution >= 0.6 is 31.9 Å². The van der Waals surface area contributed by atoms with E-state index in [1.54, 1.807) is 0 Å². The minimum Gasteiger partial charge on any atom is -0.310 e. The van der Waals surface area contributed by atoms with Crippen LogP contribution in [0.25, 0.3) is 66.1 Å². The summed E-state index contributed by atoms with van der Waals surface area (Å²) in [5, 5.41) is 4.89. The normalized spacial score (nSPS) is 14.8. The minimum absolute atomic E-state index is 0.304. The Bertz CT molecular complexity index is 4290. The molecule has 12 aromatic carbocycles. The summed E-state index contributed by atoms with van der Waals surface area (Å²) in [7, 11) is 0. The molecule has 0 N–H and O–H groups in total. The van der Waals surface area contributed by atoms with E-state index >= 15 is 0 Å². The van der Waals surface area contributed by atoms with Crippen LogP contribution in [-0.2, 0) is 16.2 Å². The molecule has 0 aliphatic heterocycles. The predicted molar refractivity (Wildman–Crippen MR) is 338 cm³/mol. The highest BCUT2D eigenvalue weighted by atomic mass is 79.9. The maximum Gasteiger partial charge on any atom is 0.0726 e. The van der Waals surface area contributed by atoms with Gasteiger partial charge in [0.15, 0.2) is 0 Å². The molecule has 16 rings (SSSR count). The third-order valence-corrected chi connectivity index (χ3v) is 19.3. The Labute approximate surface area is 478 Å². The highest BCUT2D eigenvalue weighted by Gasteiger charge is 2.54. The molecule has 12 aromatic rings. The molecule has 79 heavy (non-hydrogen) atoms. The van der Waals surface area contributed by atoms with Gasteiger partial charge in [-0.05, 0) is 209 Å². The Morgan fingerprint density at radius 1 is 0.266 bits per heavy atom. The van der Waals surface area contributed by atoms with E-state index in [0.29, 0.717) is 0 Å². The molecular weight excluding hydrogens is 1090 g/mol. The lowest BCUT2D eigenvalue weighted by Crippen LogP contribution is -2.26. The van der Waals surface area contributed by atoms with Gasteiger partial charge in [-0.3, -0.25) is 0 Å². The molecule has 1 spiro atoms. The molecule has 0 saturated carbocycles. The van der Waals surface area contributed by atoms with Gasteiger partial charge >= 0.3 is 0 Å². The molecule has 0 amide bonds. The van der Waals surface area contributed by atoms with Gasteiger partial charge < -0.3 is 9.80 Å². The number of halogens is 2. The topological polar surface area (TPSA) is 6.48 Å². The summed E-state index contributed by atoms with van der Waals surface area (Å²) in [5.74, 6) is 0. The van der Waals surface area contributed by atoms with Crippen LogP contribution in [0.4, 0.5) is 34.1 Å². The number of nitrogens with zero attached hydrogens (tertiary/aromatic N) is 2. The first-order valence-electron chi connectivity index (χ1n) is 27.4. The Kier molecular flexibility index (Phi) is 9.99. The van der Waals surface area contributed by atoms with Crippen molar-refractivity contribution >= 4 is 87.5 Å². The van der Waals surface area contributed by atoms with Crippen molar-refractivity contribution in [2.45, 2.75) is 43.9 Å². The van der Waals surface area contributed by atoms with Gasteiger partial charge in [-0.1, -0.05) is 193 Å². The lowest BCUT2D eigenvalue weighted by molar-refractivity contribution is 0.659. The molecule has 0 bridgehead atoms. The Balaban J connectivity index is 0.908. The van der Waals surface area contributed by atoms with Crippen LogP contribution in [-0.4, -0.2) is 0 Å². The highest BCUT2D eigenvalue weighted by Crippen LogP contribution is 2.67.